The molecule has 1 unspecified atom stereocenters. The summed E-state index contributed by atoms with van der Waals surface area (Å²) in [7, 11) is 0. The first-order valence-corrected chi connectivity index (χ1v) is 9.17. The maximum Gasteiger partial charge on any atom is 0.0108 e. The highest BCUT2D eigenvalue weighted by atomic mass is 15.2. The Balaban J connectivity index is 1.68. The van der Waals surface area contributed by atoms with Gasteiger partial charge in [0.25, 0.3) is 0 Å². The molecule has 2 N–H and O–H groups in total. The highest BCUT2D eigenvalue weighted by Gasteiger charge is 2.41. The van der Waals surface area contributed by atoms with Gasteiger partial charge >= 0.3 is 0 Å². The summed E-state index contributed by atoms with van der Waals surface area (Å²) in [5, 5.41) is 0. The Morgan fingerprint density at radius 1 is 1.05 bits per heavy atom. The molecule has 0 amide bonds. The number of piperidine rings is 1. The predicted molar refractivity (Wildman–Crippen MR) is 94.0 cm³/mol. The highest BCUT2D eigenvalue weighted by Crippen LogP contribution is 2.43. The van der Waals surface area contributed by atoms with Gasteiger partial charge in [-0.3, -0.25) is 0 Å². The minimum absolute atomic E-state index is 0.195. The summed E-state index contributed by atoms with van der Waals surface area (Å²) in [6.07, 6.45) is 7.87. The van der Waals surface area contributed by atoms with Gasteiger partial charge in [0, 0.05) is 17.5 Å². The average molecular weight is 300 g/mol. The van der Waals surface area contributed by atoms with Crippen LogP contribution in [0.5, 0.6) is 0 Å². The van der Waals surface area contributed by atoms with Gasteiger partial charge in [-0.1, -0.05) is 37.3 Å². The summed E-state index contributed by atoms with van der Waals surface area (Å²) in [6.45, 7) is 7.22. The van der Waals surface area contributed by atoms with Gasteiger partial charge in [0.05, 0.1) is 0 Å². The van der Waals surface area contributed by atoms with Crippen LogP contribution in [-0.2, 0) is 5.41 Å². The number of benzene rings is 1. The molecular weight excluding hydrogens is 268 g/mol. The lowest BCUT2D eigenvalue weighted by molar-refractivity contribution is 0.0840. The molecule has 1 heterocycles. The maximum atomic E-state index is 6.46. The van der Waals surface area contributed by atoms with Gasteiger partial charge in [0.15, 0.2) is 0 Å². The molecule has 122 valence electrons. The van der Waals surface area contributed by atoms with Crippen molar-refractivity contribution in [3.63, 3.8) is 0 Å². The third-order valence-electron chi connectivity index (χ3n) is 6.40. The molecule has 1 aliphatic heterocycles. The molecule has 1 aromatic rings. The zero-order chi connectivity index (χ0) is 15.6. The Labute approximate surface area is 136 Å². The molecule has 1 saturated carbocycles. The zero-order valence-corrected chi connectivity index (χ0v) is 14.3. The molecule has 3 rings (SSSR count). The summed E-state index contributed by atoms with van der Waals surface area (Å²) in [5.41, 5.74) is 8.11. The minimum Gasteiger partial charge on any atom is -0.327 e. The predicted octanol–water partition coefficient (Wildman–Crippen LogP) is 3.95. The largest absolute Gasteiger partial charge is 0.327 e. The van der Waals surface area contributed by atoms with E-state index in [-0.39, 0.29) is 11.5 Å². The van der Waals surface area contributed by atoms with Crippen LogP contribution >= 0.6 is 0 Å². The van der Waals surface area contributed by atoms with Crippen molar-refractivity contribution in [3.05, 3.63) is 35.9 Å². The number of rotatable bonds is 3. The van der Waals surface area contributed by atoms with Crippen LogP contribution < -0.4 is 5.73 Å². The van der Waals surface area contributed by atoms with Gasteiger partial charge < -0.3 is 10.6 Å². The van der Waals surface area contributed by atoms with E-state index in [0.29, 0.717) is 0 Å². The third kappa shape index (κ3) is 3.09. The Morgan fingerprint density at radius 3 is 2.18 bits per heavy atom. The Morgan fingerprint density at radius 2 is 1.64 bits per heavy atom. The van der Waals surface area contributed by atoms with E-state index in [4.69, 9.17) is 5.73 Å². The van der Waals surface area contributed by atoms with Gasteiger partial charge in [-0.2, -0.15) is 0 Å². The van der Waals surface area contributed by atoms with E-state index in [1.54, 1.807) is 0 Å². The summed E-state index contributed by atoms with van der Waals surface area (Å²) >= 11 is 0. The monoisotopic (exact) mass is 300 g/mol. The Kier molecular flexibility index (Phi) is 4.89. The first-order valence-electron chi connectivity index (χ1n) is 9.17. The molecule has 22 heavy (non-hydrogen) atoms. The Hall–Kier alpha value is -0.860. The van der Waals surface area contributed by atoms with Gasteiger partial charge in [-0.05, 0) is 70.0 Å². The summed E-state index contributed by atoms with van der Waals surface area (Å²) < 4.78 is 0. The molecule has 2 aliphatic rings. The van der Waals surface area contributed by atoms with Gasteiger partial charge in [0.1, 0.15) is 0 Å². The van der Waals surface area contributed by atoms with Crippen molar-refractivity contribution >= 4 is 0 Å². The molecule has 0 bridgehead atoms. The lowest BCUT2D eigenvalue weighted by Crippen LogP contribution is -2.50. The smallest absolute Gasteiger partial charge is 0.0108 e. The van der Waals surface area contributed by atoms with E-state index in [9.17, 15) is 0 Å². The van der Waals surface area contributed by atoms with Crippen LogP contribution in [0.3, 0.4) is 0 Å². The minimum atomic E-state index is 0.195. The lowest BCUT2D eigenvalue weighted by Gasteiger charge is -2.47. The van der Waals surface area contributed by atoms with Crippen LogP contribution in [0.1, 0.15) is 57.9 Å². The SMILES string of the molecule is CC1CCN(C2CCC(c3ccccc3)(C(C)N)CC2)CC1. The normalized spacial score (nSPS) is 32.8. The van der Waals surface area contributed by atoms with E-state index in [1.807, 2.05) is 0 Å². The van der Waals surface area contributed by atoms with Crippen molar-refractivity contribution < 1.29 is 0 Å². The molecule has 1 aromatic carbocycles. The average Bonchev–Trinajstić information content (AvgIpc) is 2.56. The van der Waals surface area contributed by atoms with Crippen molar-refractivity contribution in [3.8, 4) is 0 Å². The summed E-state index contributed by atoms with van der Waals surface area (Å²) in [5.74, 6) is 0.923. The van der Waals surface area contributed by atoms with Crippen LogP contribution in [0.25, 0.3) is 0 Å². The molecule has 2 fully saturated rings. The van der Waals surface area contributed by atoms with Crippen LogP contribution in [-0.4, -0.2) is 30.1 Å². The van der Waals surface area contributed by atoms with Crippen molar-refractivity contribution in [1.82, 2.24) is 4.90 Å². The second-order valence-electron chi connectivity index (χ2n) is 7.76. The van der Waals surface area contributed by atoms with E-state index in [1.165, 1.54) is 57.2 Å². The van der Waals surface area contributed by atoms with Crippen molar-refractivity contribution in [2.24, 2.45) is 11.7 Å². The molecule has 2 nitrogen and oxygen atoms in total. The van der Waals surface area contributed by atoms with Crippen LogP contribution in [0.2, 0.25) is 0 Å². The second kappa shape index (κ2) is 6.72. The molecule has 2 heteroatoms. The molecule has 1 atom stereocenters. The third-order valence-corrected chi connectivity index (χ3v) is 6.40. The van der Waals surface area contributed by atoms with E-state index < -0.39 is 0 Å². The van der Waals surface area contributed by atoms with Crippen LogP contribution in [0.15, 0.2) is 30.3 Å². The number of hydrogen-bond donors (Lipinski definition) is 1. The first-order chi connectivity index (χ1) is 10.6. The number of nitrogens with two attached hydrogens (primary N) is 1. The van der Waals surface area contributed by atoms with Gasteiger partial charge in [-0.15, -0.1) is 0 Å². The maximum absolute atomic E-state index is 6.46. The number of likely N-dealkylation sites (tertiary alicyclic amines) is 1. The molecule has 0 aromatic heterocycles. The zero-order valence-electron chi connectivity index (χ0n) is 14.3. The summed E-state index contributed by atoms with van der Waals surface area (Å²) in [6, 6.07) is 12.0. The van der Waals surface area contributed by atoms with E-state index >= 15 is 0 Å². The van der Waals surface area contributed by atoms with Gasteiger partial charge in [0.2, 0.25) is 0 Å². The van der Waals surface area contributed by atoms with Crippen molar-refractivity contribution in [1.29, 1.82) is 0 Å². The fourth-order valence-corrected chi connectivity index (χ4v) is 4.65. The standard InChI is InChI=1S/C20H32N2/c1-16-10-14-22(15-11-16)19-8-12-20(13-9-19,17(2)21)18-6-4-3-5-7-18/h3-7,16-17,19H,8-15,21H2,1-2H3. The molecule has 1 aliphatic carbocycles. The topological polar surface area (TPSA) is 29.3 Å². The lowest BCUT2D eigenvalue weighted by atomic mass is 9.64. The van der Waals surface area contributed by atoms with Crippen molar-refractivity contribution in [2.45, 2.75) is 69.9 Å². The second-order valence-corrected chi connectivity index (χ2v) is 7.76. The van der Waals surface area contributed by atoms with E-state index in [0.717, 1.165) is 12.0 Å². The highest BCUT2D eigenvalue weighted by molar-refractivity contribution is 5.28. The molecule has 1 saturated heterocycles. The molecule has 0 spiro atoms. The molecular formula is C20H32N2. The first kappa shape index (κ1) is 16.0. The van der Waals surface area contributed by atoms with Crippen molar-refractivity contribution in [2.75, 3.05) is 13.1 Å². The van der Waals surface area contributed by atoms with Crippen LogP contribution in [0.4, 0.5) is 0 Å². The quantitative estimate of drug-likeness (QED) is 0.916. The van der Waals surface area contributed by atoms with Gasteiger partial charge in [-0.25, -0.2) is 0 Å². The van der Waals surface area contributed by atoms with Crippen LogP contribution in [0, 0.1) is 5.92 Å². The summed E-state index contributed by atoms with van der Waals surface area (Å²) in [4.78, 5) is 2.76. The molecule has 0 radical (unpaired) electrons. The fourth-order valence-electron chi connectivity index (χ4n) is 4.65. The fraction of sp³-hybridized carbons (Fsp3) is 0.700. The number of nitrogens with zero attached hydrogens (tertiary/aromatic N) is 1. The Bertz CT molecular complexity index is 452. The van der Waals surface area contributed by atoms with E-state index in [2.05, 4.69) is 49.1 Å². The number of hydrogen-bond acceptors (Lipinski definition) is 2.